The van der Waals surface area contributed by atoms with Gasteiger partial charge in [0.15, 0.2) is 0 Å². The molecule has 0 saturated carbocycles. The second-order valence-corrected chi connectivity index (χ2v) is 14.6. The Morgan fingerprint density at radius 1 is 1.22 bits per heavy atom. The van der Waals surface area contributed by atoms with Crippen molar-refractivity contribution < 1.29 is 29.3 Å². The molecule has 3 atom stereocenters. The van der Waals surface area contributed by atoms with E-state index in [1.165, 1.54) is 33.6 Å². The first-order chi connectivity index (χ1) is 21.7. The molecule has 8 nitrogen and oxygen atoms in total. The molecule has 240 valence electrons. The van der Waals surface area contributed by atoms with E-state index >= 15 is 0 Å². The SMILES string of the molecule is CCCCCc1cc(O)c([C@@H]2C=C(C)CCC2)c(OC(=S)SCC2=C(C(=O)O)N3C(=O)[C@@H](NC(=O)Cc4cccs4)C3CC2)c1. The Bertz CT molecular complexity index is 1520. The summed E-state index contributed by atoms with van der Waals surface area (Å²) in [5.41, 5.74) is 3.59. The summed E-state index contributed by atoms with van der Waals surface area (Å²) < 4.78 is 6.47. The van der Waals surface area contributed by atoms with Crippen LogP contribution >= 0.6 is 35.3 Å². The normalized spacial score (nSPS) is 21.1. The standard InChI is InChI=1S/C34H40N2O6S3/c1-3-4-5-9-21-16-26(37)29(22-10-6-8-20(2)15-22)27(17-21)42-34(43)45-19-23-12-13-25-30(32(39)36(25)31(23)33(40)41)35-28(38)18-24-11-7-14-44-24/h7,11,14-17,22,25,30,37H,3-6,8-10,12-13,18-19H2,1-2H3,(H,35,38)(H,40,41)/t22-,25?,30-/m0/s1. The number of nitrogens with one attached hydrogen (secondary N) is 1. The summed E-state index contributed by atoms with van der Waals surface area (Å²) in [6.45, 7) is 4.26. The Balaban J connectivity index is 1.27. The Hall–Kier alpha value is -3.15. The molecular weight excluding hydrogens is 629 g/mol. The average molecular weight is 669 g/mol. The zero-order valence-corrected chi connectivity index (χ0v) is 28.1. The Morgan fingerprint density at radius 3 is 2.76 bits per heavy atom. The maximum Gasteiger partial charge on any atom is 0.352 e. The molecule has 1 saturated heterocycles. The number of aryl methyl sites for hydroxylation is 1. The summed E-state index contributed by atoms with van der Waals surface area (Å²) >= 11 is 8.32. The van der Waals surface area contributed by atoms with Gasteiger partial charge in [0.05, 0.1) is 12.5 Å². The van der Waals surface area contributed by atoms with Gasteiger partial charge < -0.3 is 20.3 Å². The molecule has 1 aromatic heterocycles. The minimum atomic E-state index is -1.18. The number of carboxylic acid groups (broad SMARTS) is 1. The van der Waals surface area contributed by atoms with E-state index in [0.29, 0.717) is 24.2 Å². The van der Waals surface area contributed by atoms with Gasteiger partial charge in [-0.25, -0.2) is 4.79 Å². The van der Waals surface area contributed by atoms with E-state index in [2.05, 4.69) is 25.2 Å². The predicted octanol–water partition coefficient (Wildman–Crippen LogP) is 6.87. The molecule has 2 aliphatic heterocycles. The first-order valence-corrected chi connectivity index (χ1v) is 17.9. The lowest BCUT2D eigenvalue weighted by Gasteiger charge is -2.50. The number of amides is 2. The Morgan fingerprint density at radius 2 is 2.04 bits per heavy atom. The summed E-state index contributed by atoms with van der Waals surface area (Å²) in [4.78, 5) is 40.2. The Kier molecular flexibility index (Phi) is 11.0. The fourth-order valence-corrected chi connectivity index (χ4v) is 8.22. The smallest absolute Gasteiger partial charge is 0.352 e. The lowest BCUT2D eigenvalue weighted by Crippen LogP contribution is -2.71. The number of carbonyl (C=O) groups is 3. The van der Waals surface area contributed by atoms with E-state index in [9.17, 15) is 24.6 Å². The maximum absolute atomic E-state index is 13.1. The number of fused-ring (bicyclic) bond motifs is 1. The molecule has 45 heavy (non-hydrogen) atoms. The third kappa shape index (κ3) is 7.81. The highest BCUT2D eigenvalue weighted by Gasteiger charge is 2.53. The number of aromatic hydroxyl groups is 1. The lowest BCUT2D eigenvalue weighted by atomic mass is 9.83. The number of aliphatic carboxylic acids is 1. The van der Waals surface area contributed by atoms with Crippen molar-refractivity contribution in [3.05, 3.63) is 68.6 Å². The number of unbranched alkanes of at least 4 members (excludes halogenated alkanes) is 2. The number of thioether (sulfide) groups is 1. The van der Waals surface area contributed by atoms with Gasteiger partial charge in [0.25, 0.3) is 5.91 Å². The van der Waals surface area contributed by atoms with Crippen molar-refractivity contribution in [2.24, 2.45) is 0 Å². The fraction of sp³-hybridized carbons (Fsp3) is 0.471. The number of carbonyl (C=O) groups excluding carboxylic acids is 2. The molecule has 1 fully saturated rings. The molecule has 11 heteroatoms. The molecule has 0 bridgehead atoms. The highest BCUT2D eigenvalue weighted by atomic mass is 32.2. The molecule has 1 aromatic carbocycles. The molecule has 3 N–H and O–H groups in total. The highest BCUT2D eigenvalue weighted by molar-refractivity contribution is 8.22. The number of hydrogen-bond acceptors (Lipinski definition) is 8. The van der Waals surface area contributed by atoms with Crippen LogP contribution in [0.4, 0.5) is 0 Å². The molecule has 3 heterocycles. The minimum Gasteiger partial charge on any atom is -0.507 e. The van der Waals surface area contributed by atoms with Gasteiger partial charge >= 0.3 is 5.97 Å². The van der Waals surface area contributed by atoms with Crippen LogP contribution in [0.1, 0.15) is 87.1 Å². The van der Waals surface area contributed by atoms with Crippen molar-refractivity contribution in [2.45, 2.75) is 96.1 Å². The molecule has 5 rings (SSSR count). The van der Waals surface area contributed by atoms with Crippen molar-refractivity contribution in [3.63, 3.8) is 0 Å². The van der Waals surface area contributed by atoms with Crippen LogP contribution in [0.15, 0.2) is 52.6 Å². The zero-order valence-electron chi connectivity index (χ0n) is 25.7. The van der Waals surface area contributed by atoms with Gasteiger partial charge in [0.1, 0.15) is 23.2 Å². The lowest BCUT2D eigenvalue weighted by molar-refractivity contribution is -0.155. The zero-order chi connectivity index (χ0) is 32.1. The van der Waals surface area contributed by atoms with Crippen molar-refractivity contribution in [1.29, 1.82) is 0 Å². The number of hydrogen-bond donors (Lipinski definition) is 3. The van der Waals surface area contributed by atoms with Gasteiger partial charge in [-0.3, -0.25) is 14.5 Å². The molecule has 1 aliphatic carbocycles. The number of benzene rings is 1. The van der Waals surface area contributed by atoms with Crippen LogP contribution in [-0.2, 0) is 27.2 Å². The van der Waals surface area contributed by atoms with Crippen LogP contribution in [0.3, 0.4) is 0 Å². The van der Waals surface area contributed by atoms with Gasteiger partial charge in [0, 0.05) is 22.1 Å². The van der Waals surface area contributed by atoms with Gasteiger partial charge in [-0.1, -0.05) is 49.2 Å². The van der Waals surface area contributed by atoms with Crippen molar-refractivity contribution in [1.82, 2.24) is 10.2 Å². The predicted molar refractivity (Wildman–Crippen MR) is 182 cm³/mol. The summed E-state index contributed by atoms with van der Waals surface area (Å²) in [5.74, 6) is -0.792. The summed E-state index contributed by atoms with van der Waals surface area (Å²) in [7, 11) is 0. The Labute approximate surface area is 277 Å². The number of thiocarbonyl (C=S) groups is 1. The molecule has 2 aromatic rings. The highest BCUT2D eigenvalue weighted by Crippen LogP contribution is 2.43. The molecular formula is C34H40N2O6S3. The van der Waals surface area contributed by atoms with E-state index in [4.69, 9.17) is 17.0 Å². The van der Waals surface area contributed by atoms with Crippen LogP contribution < -0.4 is 10.1 Å². The van der Waals surface area contributed by atoms with Gasteiger partial charge in [-0.2, -0.15) is 0 Å². The maximum atomic E-state index is 13.1. The van der Waals surface area contributed by atoms with E-state index in [0.717, 1.165) is 60.9 Å². The topological polar surface area (TPSA) is 116 Å². The van der Waals surface area contributed by atoms with E-state index in [1.54, 1.807) is 0 Å². The van der Waals surface area contributed by atoms with Crippen LogP contribution in [0, 0.1) is 0 Å². The molecule has 0 radical (unpaired) electrons. The van der Waals surface area contributed by atoms with Gasteiger partial charge in [-0.05, 0) is 98.8 Å². The fourth-order valence-electron chi connectivity index (χ4n) is 6.53. The van der Waals surface area contributed by atoms with Gasteiger partial charge in [-0.15, -0.1) is 11.3 Å². The number of carboxylic acids is 1. The summed E-state index contributed by atoms with van der Waals surface area (Å²) in [6, 6.07) is 6.45. The van der Waals surface area contributed by atoms with Crippen molar-refractivity contribution in [3.8, 4) is 11.5 Å². The first-order valence-electron chi connectivity index (χ1n) is 15.6. The first kappa shape index (κ1) is 33.2. The molecule has 0 spiro atoms. The largest absolute Gasteiger partial charge is 0.507 e. The second-order valence-electron chi connectivity index (χ2n) is 12.0. The van der Waals surface area contributed by atoms with E-state index in [1.807, 2.05) is 29.6 Å². The third-order valence-corrected chi connectivity index (χ3v) is 10.8. The average Bonchev–Trinajstić information content (AvgIpc) is 3.51. The number of phenolic OH excluding ortho intramolecular Hbond substituents is 1. The number of ether oxygens (including phenoxy) is 1. The third-order valence-electron chi connectivity index (χ3n) is 8.72. The van der Waals surface area contributed by atoms with Crippen LogP contribution in [0.25, 0.3) is 0 Å². The van der Waals surface area contributed by atoms with Crippen LogP contribution in [0.5, 0.6) is 11.5 Å². The van der Waals surface area contributed by atoms with E-state index in [-0.39, 0.29) is 45.9 Å². The summed E-state index contributed by atoms with van der Waals surface area (Å²) in [6.07, 6.45) is 10.4. The minimum absolute atomic E-state index is 0.0269. The van der Waals surface area contributed by atoms with E-state index < -0.39 is 17.9 Å². The number of β-lactam (4-membered cyclic amide) rings is 1. The monoisotopic (exact) mass is 668 g/mol. The van der Waals surface area contributed by atoms with Crippen molar-refractivity contribution in [2.75, 3.05) is 5.75 Å². The second kappa shape index (κ2) is 15.0. The van der Waals surface area contributed by atoms with Gasteiger partial charge in [0.2, 0.25) is 10.3 Å². The van der Waals surface area contributed by atoms with Crippen LogP contribution in [0.2, 0.25) is 0 Å². The number of allylic oxidation sites excluding steroid dienone is 2. The number of nitrogens with zero attached hydrogens (tertiary/aromatic N) is 1. The quantitative estimate of drug-likeness (QED) is 0.0972. The molecule has 1 unspecified atom stereocenters. The number of thiophene rings is 1. The van der Waals surface area contributed by atoms with Crippen molar-refractivity contribution >= 4 is 57.5 Å². The number of phenols is 1. The molecule has 2 amide bonds. The summed E-state index contributed by atoms with van der Waals surface area (Å²) in [5, 5.41) is 25.9. The number of rotatable bonds is 12. The van der Waals surface area contributed by atoms with Crippen LogP contribution in [-0.4, -0.2) is 55.1 Å². The molecule has 3 aliphatic rings.